The molecule has 0 unspecified atom stereocenters. The van der Waals surface area contributed by atoms with Gasteiger partial charge in [0.1, 0.15) is 5.75 Å². The SMILES string of the molecule is COc1ccc(-c2cccc3[cH-]ccc23)cc1.Cl.Cl.[C-]1=CC=CC1.[CH3-].[CH3-].[Si]=[Zr]. The van der Waals surface area contributed by atoms with Crippen LogP contribution in [-0.2, 0) is 23.3 Å². The van der Waals surface area contributed by atoms with Gasteiger partial charge in [-0.15, -0.1) is 60.2 Å². The molecule has 28 heavy (non-hydrogen) atoms. The molecule has 0 heterocycles. The van der Waals surface area contributed by atoms with Crippen LogP contribution in [0.25, 0.3) is 21.9 Å². The second-order valence-corrected chi connectivity index (χ2v) is 5.07. The first-order valence-corrected chi connectivity index (χ1v) is 11.8. The quantitative estimate of drug-likeness (QED) is 0.270. The molecule has 1 nitrogen and oxygen atoms in total. The van der Waals surface area contributed by atoms with Crippen LogP contribution in [0.15, 0.2) is 78.9 Å². The third-order valence-electron chi connectivity index (χ3n) is 3.67. The number of fused-ring (bicyclic) bond motifs is 1. The molecule has 0 atom stereocenters. The summed E-state index contributed by atoms with van der Waals surface area (Å²) in [6.07, 6.45) is 10.0. The number of rotatable bonds is 2. The average molecular weight is 509 g/mol. The Bertz CT molecular complexity index is 816. The summed E-state index contributed by atoms with van der Waals surface area (Å²) < 4.78 is 5.18. The van der Waals surface area contributed by atoms with E-state index in [4.69, 9.17) is 4.74 Å². The van der Waals surface area contributed by atoms with E-state index in [9.17, 15) is 0 Å². The molecule has 0 spiro atoms. The van der Waals surface area contributed by atoms with E-state index in [2.05, 4.69) is 67.6 Å². The van der Waals surface area contributed by atoms with E-state index in [0.717, 1.165) is 12.2 Å². The monoisotopic (exact) mass is 506 g/mol. The van der Waals surface area contributed by atoms with Gasteiger partial charge >= 0.3 is 30.2 Å². The van der Waals surface area contributed by atoms with E-state index < -0.39 is 0 Å². The van der Waals surface area contributed by atoms with E-state index in [-0.39, 0.29) is 39.7 Å². The van der Waals surface area contributed by atoms with Crippen LogP contribution < -0.4 is 4.74 Å². The molecule has 0 aliphatic heterocycles. The molecular formula is C23H26Cl2OSiZr-4. The van der Waals surface area contributed by atoms with Crippen LogP contribution in [-0.4, -0.2) is 14.0 Å². The molecule has 3 aromatic carbocycles. The van der Waals surface area contributed by atoms with Crippen LogP contribution in [0, 0.1) is 20.9 Å². The number of benzene rings is 2. The van der Waals surface area contributed by atoms with Crippen molar-refractivity contribution in [1.29, 1.82) is 0 Å². The predicted molar refractivity (Wildman–Crippen MR) is 126 cm³/mol. The molecular weight excluding hydrogens is 482 g/mol. The molecule has 3 aromatic rings. The Labute approximate surface area is 199 Å². The summed E-state index contributed by atoms with van der Waals surface area (Å²) in [4.78, 5) is 0. The Hall–Kier alpha value is -0.990. The zero-order valence-electron chi connectivity index (χ0n) is 16.4. The summed E-state index contributed by atoms with van der Waals surface area (Å²) in [5, 5.41) is 2.59. The first-order valence-electron chi connectivity index (χ1n) is 7.64. The number of hydrogen-bond acceptors (Lipinski definition) is 1. The van der Waals surface area contributed by atoms with Gasteiger partial charge in [-0.3, -0.25) is 6.08 Å². The maximum atomic E-state index is 5.18. The van der Waals surface area contributed by atoms with Crippen LogP contribution in [0.1, 0.15) is 6.42 Å². The number of ether oxygens (including phenoxy) is 1. The van der Waals surface area contributed by atoms with Gasteiger partial charge in [0.05, 0.1) is 7.11 Å². The fourth-order valence-corrected chi connectivity index (χ4v) is 2.52. The van der Waals surface area contributed by atoms with E-state index >= 15 is 0 Å². The Kier molecular flexibility index (Phi) is 20.5. The Morgan fingerprint density at radius 3 is 2.18 bits per heavy atom. The molecule has 4 rings (SSSR count). The molecule has 2 radical (unpaired) electrons. The third kappa shape index (κ3) is 9.01. The summed E-state index contributed by atoms with van der Waals surface area (Å²) in [5.74, 6) is 0.892. The predicted octanol–water partition coefficient (Wildman–Crippen LogP) is 6.90. The van der Waals surface area contributed by atoms with E-state index in [1.54, 1.807) is 7.11 Å². The van der Waals surface area contributed by atoms with Gasteiger partial charge in [0.15, 0.2) is 0 Å². The van der Waals surface area contributed by atoms with Crippen molar-refractivity contribution in [2.24, 2.45) is 0 Å². The van der Waals surface area contributed by atoms with Crippen molar-refractivity contribution in [1.82, 2.24) is 0 Å². The topological polar surface area (TPSA) is 9.23 Å². The van der Waals surface area contributed by atoms with Gasteiger partial charge in [-0.1, -0.05) is 23.8 Å². The Balaban J connectivity index is -0.000000496. The number of halogens is 2. The Morgan fingerprint density at radius 2 is 1.68 bits per heavy atom. The number of hydrogen-bond donors (Lipinski definition) is 0. The van der Waals surface area contributed by atoms with Crippen LogP contribution in [0.4, 0.5) is 0 Å². The average Bonchev–Trinajstić information content (AvgIpc) is 3.37. The van der Waals surface area contributed by atoms with Crippen molar-refractivity contribution in [3.05, 3.63) is 99.8 Å². The van der Waals surface area contributed by atoms with Crippen molar-refractivity contribution in [2.75, 3.05) is 7.11 Å². The van der Waals surface area contributed by atoms with Crippen molar-refractivity contribution < 1.29 is 28.1 Å². The number of methoxy groups -OCH3 is 1. The summed E-state index contributed by atoms with van der Waals surface area (Å²) in [6.45, 7) is 3.06. The van der Waals surface area contributed by atoms with Crippen molar-refractivity contribution in [3.63, 3.8) is 0 Å². The second kappa shape index (κ2) is 18.1. The Morgan fingerprint density at radius 1 is 1.00 bits per heavy atom. The van der Waals surface area contributed by atoms with Gasteiger partial charge in [-0.2, -0.15) is 18.2 Å². The van der Waals surface area contributed by atoms with Gasteiger partial charge < -0.3 is 19.6 Å². The minimum atomic E-state index is 0. The van der Waals surface area contributed by atoms with Crippen molar-refractivity contribution in [2.45, 2.75) is 6.42 Å². The summed E-state index contributed by atoms with van der Waals surface area (Å²) in [5.41, 5.74) is 2.50. The fraction of sp³-hybridized carbons (Fsp3) is 0.0870. The van der Waals surface area contributed by atoms with Gasteiger partial charge in [0.25, 0.3) is 0 Å². The van der Waals surface area contributed by atoms with Crippen molar-refractivity contribution >= 4 is 42.5 Å². The zero-order chi connectivity index (χ0) is 17.2. The van der Waals surface area contributed by atoms with Crippen LogP contribution in [0.2, 0.25) is 0 Å². The number of allylic oxidation sites excluding steroid dienone is 4. The minimum absolute atomic E-state index is 0. The maximum absolute atomic E-state index is 5.18. The molecule has 0 saturated carbocycles. The van der Waals surface area contributed by atoms with Crippen LogP contribution >= 0.6 is 24.8 Å². The zero-order valence-corrected chi connectivity index (χ0v) is 21.5. The van der Waals surface area contributed by atoms with Gasteiger partial charge in [-0.25, -0.2) is 12.2 Å². The van der Waals surface area contributed by atoms with Gasteiger partial charge in [-0.05, 0) is 17.7 Å². The molecule has 150 valence electrons. The van der Waals surface area contributed by atoms with Crippen LogP contribution in [0.5, 0.6) is 5.75 Å². The van der Waals surface area contributed by atoms with Crippen LogP contribution in [0.3, 0.4) is 0 Å². The molecule has 0 bridgehead atoms. The fourth-order valence-electron chi connectivity index (χ4n) is 2.52. The molecule has 0 saturated heterocycles. The first-order chi connectivity index (χ1) is 11.9. The van der Waals surface area contributed by atoms with E-state index in [1.807, 2.05) is 24.3 Å². The molecule has 5 heteroatoms. The third-order valence-corrected chi connectivity index (χ3v) is 3.67. The molecule has 1 aliphatic rings. The second-order valence-electron chi connectivity index (χ2n) is 5.07. The van der Waals surface area contributed by atoms with Crippen molar-refractivity contribution in [3.8, 4) is 16.9 Å². The molecule has 0 aromatic heterocycles. The van der Waals surface area contributed by atoms with E-state index in [1.165, 1.54) is 45.2 Å². The molecule has 0 N–H and O–H groups in total. The van der Waals surface area contributed by atoms with Gasteiger partial charge in [0, 0.05) is 0 Å². The van der Waals surface area contributed by atoms with E-state index in [0.29, 0.717) is 0 Å². The first kappa shape index (κ1) is 31.7. The standard InChI is InChI=1S/C16H13O.C5H5.2CH3.2ClH.Si.Zr/c1-17-14-10-8-13(9-11-14)16-7-3-5-12-4-2-6-15(12)16;1-2-4-5-3-1;;;;;;/h2-11H,1H3;1-3H,4H2;2*1H3;2*1H;;/q4*-1;;;;. The molecule has 0 amide bonds. The summed E-state index contributed by atoms with van der Waals surface area (Å²) >= 11 is 1.36. The molecule has 1 aliphatic carbocycles. The normalized spacial score (nSPS) is 9.71. The molecule has 0 fully saturated rings. The van der Waals surface area contributed by atoms with Gasteiger partial charge in [0.2, 0.25) is 0 Å². The summed E-state index contributed by atoms with van der Waals surface area (Å²) in [6, 6.07) is 21.0. The summed E-state index contributed by atoms with van der Waals surface area (Å²) in [7, 11) is 1.69.